The van der Waals surface area contributed by atoms with Gasteiger partial charge in [-0.05, 0) is 13.0 Å². The van der Waals surface area contributed by atoms with Crippen LogP contribution < -0.4 is 10.1 Å². The van der Waals surface area contributed by atoms with Crippen molar-refractivity contribution in [1.29, 1.82) is 5.26 Å². The first kappa shape index (κ1) is 17.8. The quantitative estimate of drug-likeness (QED) is 0.664. The number of allylic oxidation sites excluding steroid dienone is 1. The second-order valence-electron chi connectivity index (χ2n) is 5.02. The fraction of sp³-hybridized carbons (Fsp3) is 0.312. The van der Waals surface area contributed by atoms with E-state index in [2.05, 4.69) is 10.1 Å². The van der Waals surface area contributed by atoms with Crippen LogP contribution in [0.5, 0.6) is 5.75 Å². The van der Waals surface area contributed by atoms with E-state index in [0.717, 1.165) is 0 Å². The van der Waals surface area contributed by atoms with Gasteiger partial charge in [0.15, 0.2) is 0 Å². The fourth-order valence-electron chi connectivity index (χ4n) is 2.68. The molecule has 0 saturated carbocycles. The molecule has 2 atom stereocenters. The van der Waals surface area contributed by atoms with Crippen LogP contribution in [-0.4, -0.2) is 24.7 Å². The molecule has 8 heteroatoms. The second-order valence-corrected chi connectivity index (χ2v) is 5.46. The molecule has 2 rings (SSSR count). The normalized spacial score (nSPS) is 20.4. The van der Waals surface area contributed by atoms with Gasteiger partial charge in [0, 0.05) is 17.2 Å². The highest BCUT2D eigenvalue weighted by molar-refractivity contribution is 7.80. The van der Waals surface area contributed by atoms with Crippen molar-refractivity contribution in [3.8, 4) is 11.8 Å². The average molecular weight is 352 g/mol. The maximum absolute atomic E-state index is 12.7. The van der Waals surface area contributed by atoms with E-state index in [-0.39, 0.29) is 21.9 Å². The Labute approximate surface area is 142 Å². The van der Waals surface area contributed by atoms with Crippen LogP contribution >= 0.6 is 12.2 Å². The van der Waals surface area contributed by atoms with Crippen LogP contribution in [0.4, 0.5) is 8.78 Å². The van der Waals surface area contributed by atoms with Crippen molar-refractivity contribution in [2.24, 2.45) is 5.92 Å². The molecule has 24 heavy (non-hydrogen) atoms. The minimum absolute atomic E-state index is 0.114. The Morgan fingerprint density at radius 2 is 2.08 bits per heavy atom. The molecule has 0 radical (unpaired) electrons. The lowest BCUT2D eigenvalue weighted by Crippen LogP contribution is -2.40. The average Bonchev–Trinajstić information content (AvgIpc) is 2.53. The highest BCUT2D eigenvalue weighted by atomic mass is 32.1. The van der Waals surface area contributed by atoms with Gasteiger partial charge in [0.2, 0.25) is 0 Å². The number of nitrogens with one attached hydrogen (secondary N) is 1. The molecular weight excluding hydrogens is 338 g/mol. The molecular formula is C16H14F2N2O3S. The Morgan fingerprint density at radius 1 is 1.42 bits per heavy atom. The van der Waals surface area contributed by atoms with Crippen LogP contribution in [-0.2, 0) is 9.53 Å². The Balaban J connectivity index is 2.66. The molecule has 0 aliphatic carbocycles. The molecule has 0 spiro atoms. The van der Waals surface area contributed by atoms with E-state index >= 15 is 0 Å². The zero-order valence-corrected chi connectivity index (χ0v) is 13.7. The molecule has 1 aliphatic heterocycles. The third-order valence-electron chi connectivity index (χ3n) is 3.66. The van der Waals surface area contributed by atoms with Gasteiger partial charge in [0.25, 0.3) is 0 Å². The van der Waals surface area contributed by atoms with Gasteiger partial charge >= 0.3 is 12.6 Å². The number of carbonyl (C=O) groups excluding carboxylic acids is 1. The number of hydrogen-bond acceptors (Lipinski definition) is 5. The monoisotopic (exact) mass is 352 g/mol. The Morgan fingerprint density at radius 3 is 2.67 bits per heavy atom. The van der Waals surface area contributed by atoms with Crippen molar-refractivity contribution in [1.82, 2.24) is 5.32 Å². The molecule has 2 unspecified atom stereocenters. The number of methoxy groups -OCH3 is 1. The molecule has 0 saturated heterocycles. The molecule has 0 bridgehead atoms. The lowest BCUT2D eigenvalue weighted by Gasteiger charge is -2.32. The number of benzene rings is 1. The van der Waals surface area contributed by atoms with Crippen LogP contribution in [0, 0.1) is 17.2 Å². The molecule has 1 aromatic rings. The van der Waals surface area contributed by atoms with Crippen molar-refractivity contribution in [3.05, 3.63) is 41.1 Å². The number of carbonyl (C=O) groups is 1. The lowest BCUT2D eigenvalue weighted by molar-refractivity contribution is -0.136. The number of nitrogens with zero attached hydrogens (tertiary/aromatic N) is 1. The highest BCUT2D eigenvalue weighted by Gasteiger charge is 2.40. The van der Waals surface area contributed by atoms with Gasteiger partial charge in [0.1, 0.15) is 11.7 Å². The SMILES string of the molecule is COC(=O)C1=C(C)NC(=S)C(C#N)C1c1ccccc1OC(F)F. The van der Waals surface area contributed by atoms with Gasteiger partial charge in [-0.15, -0.1) is 0 Å². The Hall–Kier alpha value is -2.53. The molecule has 1 aromatic carbocycles. The van der Waals surface area contributed by atoms with Gasteiger partial charge in [-0.25, -0.2) is 4.79 Å². The maximum atomic E-state index is 12.7. The molecule has 0 fully saturated rings. The summed E-state index contributed by atoms with van der Waals surface area (Å²) in [5.41, 5.74) is 0.839. The standard InChI is InChI=1S/C16H14F2N2O3S/c1-8-12(15(21)22-2)13(10(7-19)14(24)20-8)9-5-3-4-6-11(9)23-16(17)18/h3-6,10,13,16H,1-2H3,(H,20,24). The number of para-hydroxylation sites is 1. The number of alkyl halides is 2. The summed E-state index contributed by atoms with van der Waals surface area (Å²) >= 11 is 5.18. The van der Waals surface area contributed by atoms with Crippen molar-refractivity contribution < 1.29 is 23.0 Å². The number of thiocarbonyl (C=S) groups is 1. The van der Waals surface area contributed by atoms with Gasteiger partial charge in [-0.2, -0.15) is 14.0 Å². The second kappa shape index (κ2) is 7.36. The van der Waals surface area contributed by atoms with Crippen LogP contribution in [0.25, 0.3) is 0 Å². The fourth-order valence-corrected chi connectivity index (χ4v) is 3.02. The molecule has 1 heterocycles. The van der Waals surface area contributed by atoms with Crippen LogP contribution in [0.2, 0.25) is 0 Å². The highest BCUT2D eigenvalue weighted by Crippen LogP contribution is 2.41. The van der Waals surface area contributed by atoms with Crippen LogP contribution in [0.15, 0.2) is 35.5 Å². The number of nitriles is 1. The van der Waals surface area contributed by atoms with Crippen molar-refractivity contribution in [2.45, 2.75) is 19.5 Å². The first-order chi connectivity index (χ1) is 11.4. The number of esters is 1. The first-order valence-electron chi connectivity index (χ1n) is 6.94. The summed E-state index contributed by atoms with van der Waals surface area (Å²) in [5.74, 6) is -2.57. The minimum Gasteiger partial charge on any atom is -0.466 e. The van der Waals surface area contributed by atoms with E-state index < -0.39 is 24.4 Å². The number of ether oxygens (including phenoxy) is 2. The van der Waals surface area contributed by atoms with Crippen LogP contribution in [0.1, 0.15) is 18.4 Å². The zero-order chi connectivity index (χ0) is 17.9. The summed E-state index contributed by atoms with van der Waals surface area (Å²) in [4.78, 5) is 12.4. The smallest absolute Gasteiger partial charge is 0.387 e. The number of halogens is 2. The van der Waals surface area contributed by atoms with E-state index in [1.54, 1.807) is 13.0 Å². The van der Waals surface area contributed by atoms with Gasteiger partial charge in [-0.3, -0.25) is 0 Å². The third kappa shape index (κ3) is 3.36. The molecule has 126 valence electrons. The molecule has 0 amide bonds. The Bertz CT molecular complexity index is 743. The summed E-state index contributed by atoms with van der Waals surface area (Å²) in [6.07, 6.45) is 0. The predicted molar refractivity (Wildman–Crippen MR) is 85.4 cm³/mol. The van der Waals surface area contributed by atoms with Crippen molar-refractivity contribution in [3.63, 3.8) is 0 Å². The summed E-state index contributed by atoms with van der Waals surface area (Å²) in [7, 11) is 1.20. The predicted octanol–water partition coefficient (Wildman–Crippen LogP) is 2.89. The van der Waals surface area contributed by atoms with E-state index in [4.69, 9.17) is 17.0 Å². The molecule has 1 N–H and O–H groups in total. The summed E-state index contributed by atoms with van der Waals surface area (Å²) < 4.78 is 34.7. The van der Waals surface area contributed by atoms with Gasteiger partial charge < -0.3 is 14.8 Å². The van der Waals surface area contributed by atoms with Gasteiger partial charge in [-0.1, -0.05) is 30.4 Å². The summed E-state index contributed by atoms with van der Waals surface area (Å²) in [6.45, 7) is -1.43. The Kier molecular flexibility index (Phi) is 5.46. The third-order valence-corrected chi connectivity index (χ3v) is 4.01. The molecule has 0 aromatic heterocycles. The van der Waals surface area contributed by atoms with Gasteiger partial charge in [0.05, 0.1) is 23.7 Å². The zero-order valence-electron chi connectivity index (χ0n) is 12.9. The van der Waals surface area contributed by atoms with E-state index in [9.17, 15) is 18.8 Å². The van der Waals surface area contributed by atoms with E-state index in [1.807, 2.05) is 6.07 Å². The minimum atomic E-state index is -3.04. The maximum Gasteiger partial charge on any atom is 0.387 e. The first-order valence-corrected chi connectivity index (χ1v) is 7.34. The summed E-state index contributed by atoms with van der Waals surface area (Å²) in [5, 5.41) is 12.3. The topological polar surface area (TPSA) is 71.3 Å². The van der Waals surface area contributed by atoms with Crippen LogP contribution in [0.3, 0.4) is 0 Å². The number of hydrogen-bond donors (Lipinski definition) is 1. The largest absolute Gasteiger partial charge is 0.466 e. The number of rotatable bonds is 4. The lowest BCUT2D eigenvalue weighted by atomic mass is 9.77. The summed E-state index contributed by atoms with van der Waals surface area (Å²) in [6, 6.07) is 8.03. The van der Waals surface area contributed by atoms with Crippen molar-refractivity contribution >= 4 is 23.2 Å². The van der Waals surface area contributed by atoms with E-state index in [0.29, 0.717) is 5.70 Å². The molecule has 5 nitrogen and oxygen atoms in total. The van der Waals surface area contributed by atoms with Crippen molar-refractivity contribution in [2.75, 3.05) is 7.11 Å². The van der Waals surface area contributed by atoms with E-state index in [1.165, 1.54) is 25.3 Å². The molecule has 1 aliphatic rings.